The van der Waals surface area contributed by atoms with E-state index in [4.69, 9.17) is 5.11 Å². The summed E-state index contributed by atoms with van der Waals surface area (Å²) in [5.41, 5.74) is 2.51. The molecular weight excluding hydrogens is 348 g/mol. The number of nitrogens with one attached hydrogen (secondary N) is 2. The van der Waals surface area contributed by atoms with Crippen LogP contribution in [0.15, 0.2) is 12.4 Å². The van der Waals surface area contributed by atoms with Crippen LogP contribution in [-0.2, 0) is 4.79 Å². The number of carbonyl (C=O) groups excluding carboxylic acids is 1. The molecule has 1 fully saturated rings. The second-order valence-electron chi connectivity index (χ2n) is 6.81. The SMILES string of the molecule is Cc1cc(C(=O)O)[nH]c1/C=C1\C(=O)Nc2ncnc(N3CCN(C)CC3)c21. The van der Waals surface area contributed by atoms with Crippen molar-refractivity contribution in [1.29, 1.82) is 0 Å². The molecule has 0 atom stereocenters. The van der Waals surface area contributed by atoms with E-state index < -0.39 is 5.97 Å². The first-order chi connectivity index (χ1) is 12.9. The largest absolute Gasteiger partial charge is 0.477 e. The van der Waals surface area contributed by atoms with Crippen molar-refractivity contribution in [2.75, 3.05) is 43.4 Å². The fourth-order valence-corrected chi connectivity index (χ4v) is 3.39. The molecule has 0 aromatic carbocycles. The second-order valence-corrected chi connectivity index (χ2v) is 6.81. The van der Waals surface area contributed by atoms with Gasteiger partial charge in [-0.05, 0) is 31.7 Å². The van der Waals surface area contributed by atoms with E-state index in [1.165, 1.54) is 6.33 Å². The van der Waals surface area contributed by atoms with E-state index in [-0.39, 0.29) is 11.6 Å². The van der Waals surface area contributed by atoms with Crippen molar-refractivity contribution < 1.29 is 14.7 Å². The summed E-state index contributed by atoms with van der Waals surface area (Å²) in [6.45, 7) is 5.25. The number of amides is 1. The molecule has 140 valence electrons. The maximum absolute atomic E-state index is 12.6. The average molecular weight is 368 g/mol. The van der Waals surface area contributed by atoms with Crippen molar-refractivity contribution >= 4 is 35.2 Å². The van der Waals surface area contributed by atoms with Gasteiger partial charge in [0.2, 0.25) is 0 Å². The highest BCUT2D eigenvalue weighted by molar-refractivity contribution is 6.35. The summed E-state index contributed by atoms with van der Waals surface area (Å²) in [7, 11) is 2.08. The van der Waals surface area contributed by atoms with E-state index >= 15 is 0 Å². The predicted octanol–water partition coefficient (Wildman–Crippen LogP) is 1.06. The maximum Gasteiger partial charge on any atom is 0.352 e. The minimum Gasteiger partial charge on any atom is -0.477 e. The number of piperazine rings is 1. The molecule has 0 spiro atoms. The molecule has 9 heteroatoms. The number of fused-ring (bicyclic) bond motifs is 1. The van der Waals surface area contributed by atoms with Crippen LogP contribution in [0.5, 0.6) is 0 Å². The molecule has 0 saturated carbocycles. The lowest BCUT2D eigenvalue weighted by Crippen LogP contribution is -2.45. The van der Waals surface area contributed by atoms with Gasteiger partial charge in [0, 0.05) is 31.9 Å². The van der Waals surface area contributed by atoms with E-state index in [0.717, 1.165) is 37.6 Å². The molecule has 1 saturated heterocycles. The number of rotatable bonds is 3. The third-order valence-corrected chi connectivity index (χ3v) is 4.95. The first-order valence-corrected chi connectivity index (χ1v) is 8.69. The normalized spacial score (nSPS) is 18.7. The topological polar surface area (TPSA) is 114 Å². The quantitative estimate of drug-likeness (QED) is 0.694. The van der Waals surface area contributed by atoms with Gasteiger partial charge in [0.05, 0.1) is 11.1 Å². The fraction of sp³-hybridized carbons (Fsp3) is 0.333. The van der Waals surface area contributed by atoms with Crippen LogP contribution in [0.2, 0.25) is 0 Å². The predicted molar refractivity (Wildman–Crippen MR) is 101 cm³/mol. The Bertz CT molecular complexity index is 956. The lowest BCUT2D eigenvalue weighted by atomic mass is 10.1. The number of hydrogen-bond acceptors (Lipinski definition) is 6. The van der Waals surface area contributed by atoms with Gasteiger partial charge in [0.25, 0.3) is 5.91 Å². The van der Waals surface area contributed by atoms with Gasteiger partial charge in [-0.25, -0.2) is 14.8 Å². The molecule has 4 rings (SSSR count). The summed E-state index contributed by atoms with van der Waals surface area (Å²) >= 11 is 0. The Kier molecular flexibility index (Phi) is 4.15. The highest BCUT2D eigenvalue weighted by Gasteiger charge is 2.32. The van der Waals surface area contributed by atoms with E-state index in [9.17, 15) is 9.59 Å². The van der Waals surface area contributed by atoms with Gasteiger partial charge in [-0.3, -0.25) is 4.79 Å². The Hall–Kier alpha value is -3.20. The average Bonchev–Trinajstić information content (AvgIpc) is 3.16. The highest BCUT2D eigenvalue weighted by Crippen LogP contribution is 2.37. The molecule has 2 aromatic heterocycles. The highest BCUT2D eigenvalue weighted by atomic mass is 16.4. The van der Waals surface area contributed by atoms with Crippen LogP contribution in [0.25, 0.3) is 11.6 Å². The van der Waals surface area contributed by atoms with Crippen LogP contribution in [0.1, 0.15) is 27.3 Å². The van der Waals surface area contributed by atoms with Crippen molar-refractivity contribution in [3.8, 4) is 0 Å². The van der Waals surface area contributed by atoms with Crippen LogP contribution in [0.3, 0.4) is 0 Å². The first kappa shape index (κ1) is 17.2. The van der Waals surface area contributed by atoms with Gasteiger partial charge < -0.3 is 25.2 Å². The lowest BCUT2D eigenvalue weighted by Gasteiger charge is -2.33. The van der Waals surface area contributed by atoms with E-state index in [1.807, 2.05) is 0 Å². The van der Waals surface area contributed by atoms with Crippen LogP contribution in [0.4, 0.5) is 11.6 Å². The van der Waals surface area contributed by atoms with Crippen molar-refractivity contribution in [2.24, 2.45) is 0 Å². The summed E-state index contributed by atoms with van der Waals surface area (Å²) in [5, 5.41) is 11.9. The van der Waals surface area contributed by atoms with Crippen molar-refractivity contribution in [1.82, 2.24) is 19.9 Å². The molecule has 0 radical (unpaired) electrons. The number of carboxylic acids is 1. The standard InChI is InChI=1S/C18H20N6O3/c1-10-7-13(18(26)27)21-12(10)8-11-14-15(22-17(11)25)19-9-20-16(14)24-5-3-23(2)4-6-24/h7-9,21H,3-6H2,1-2H3,(H,26,27)(H,19,20,22,25)/b11-8-. The number of aryl methyl sites for hydroxylation is 1. The zero-order chi connectivity index (χ0) is 19.1. The van der Waals surface area contributed by atoms with Gasteiger partial charge in [-0.1, -0.05) is 0 Å². The molecule has 3 N–H and O–H groups in total. The molecule has 2 aromatic rings. The van der Waals surface area contributed by atoms with Gasteiger partial charge in [-0.2, -0.15) is 0 Å². The minimum absolute atomic E-state index is 0.0848. The summed E-state index contributed by atoms with van der Waals surface area (Å²) in [4.78, 5) is 39.6. The summed E-state index contributed by atoms with van der Waals surface area (Å²) in [5.74, 6) is -0.106. The Morgan fingerprint density at radius 3 is 2.67 bits per heavy atom. The number of aromatic carboxylic acids is 1. The van der Waals surface area contributed by atoms with Gasteiger partial charge in [0.1, 0.15) is 23.7 Å². The molecule has 0 aliphatic carbocycles. The van der Waals surface area contributed by atoms with Crippen molar-refractivity contribution in [3.05, 3.63) is 34.9 Å². The van der Waals surface area contributed by atoms with Crippen LogP contribution in [0, 0.1) is 6.92 Å². The molecule has 27 heavy (non-hydrogen) atoms. The molecule has 0 bridgehead atoms. The van der Waals surface area contributed by atoms with Gasteiger partial charge >= 0.3 is 5.97 Å². The van der Waals surface area contributed by atoms with Gasteiger partial charge in [0.15, 0.2) is 0 Å². The summed E-state index contributed by atoms with van der Waals surface area (Å²) in [6, 6.07) is 1.55. The van der Waals surface area contributed by atoms with Crippen molar-refractivity contribution in [2.45, 2.75) is 6.92 Å². The van der Waals surface area contributed by atoms with E-state index in [2.05, 4.69) is 37.1 Å². The lowest BCUT2D eigenvalue weighted by molar-refractivity contribution is -0.110. The third kappa shape index (κ3) is 3.06. The van der Waals surface area contributed by atoms with Gasteiger partial charge in [-0.15, -0.1) is 0 Å². The molecule has 2 aliphatic rings. The number of carboxylic acid groups (broad SMARTS) is 1. The Morgan fingerprint density at radius 1 is 1.26 bits per heavy atom. The van der Waals surface area contributed by atoms with E-state index in [0.29, 0.717) is 22.6 Å². The summed E-state index contributed by atoms with van der Waals surface area (Å²) < 4.78 is 0. The number of H-pyrrole nitrogens is 1. The molecule has 0 unspecified atom stereocenters. The molecular formula is C18H20N6O3. The molecule has 1 amide bonds. The first-order valence-electron chi connectivity index (χ1n) is 8.69. The number of aromatic amines is 1. The second kappa shape index (κ2) is 6.51. The Balaban J connectivity index is 1.77. The Morgan fingerprint density at radius 2 is 2.00 bits per heavy atom. The fourth-order valence-electron chi connectivity index (χ4n) is 3.39. The van der Waals surface area contributed by atoms with Crippen LogP contribution >= 0.6 is 0 Å². The molecule has 2 aliphatic heterocycles. The number of anilines is 2. The number of carbonyl (C=O) groups is 2. The zero-order valence-corrected chi connectivity index (χ0v) is 15.1. The minimum atomic E-state index is -1.04. The smallest absolute Gasteiger partial charge is 0.352 e. The third-order valence-electron chi connectivity index (χ3n) is 4.95. The number of aromatic nitrogens is 3. The monoisotopic (exact) mass is 368 g/mol. The Labute approximate surface area is 155 Å². The number of likely N-dealkylation sites (N-methyl/N-ethyl adjacent to an activating group) is 1. The molecule has 9 nitrogen and oxygen atoms in total. The summed E-state index contributed by atoms with van der Waals surface area (Å²) in [6.07, 6.45) is 3.13. The van der Waals surface area contributed by atoms with Crippen LogP contribution < -0.4 is 10.2 Å². The van der Waals surface area contributed by atoms with Crippen LogP contribution in [-0.4, -0.2) is 70.1 Å². The van der Waals surface area contributed by atoms with E-state index in [1.54, 1.807) is 19.1 Å². The zero-order valence-electron chi connectivity index (χ0n) is 15.1. The number of nitrogens with zero attached hydrogens (tertiary/aromatic N) is 4. The van der Waals surface area contributed by atoms with Crippen molar-refractivity contribution in [3.63, 3.8) is 0 Å². The molecule has 4 heterocycles. The maximum atomic E-state index is 12.6. The number of hydrogen-bond donors (Lipinski definition) is 3.